The Morgan fingerprint density at radius 2 is 1.70 bits per heavy atom. The third-order valence-electron chi connectivity index (χ3n) is 4.84. The summed E-state index contributed by atoms with van der Waals surface area (Å²) in [5, 5.41) is 2.55. The average molecular weight is 427 g/mol. The van der Waals surface area contributed by atoms with Crippen LogP contribution in [-0.4, -0.2) is 68.0 Å². The molecule has 1 fully saturated rings. The molecule has 2 aromatic carbocycles. The predicted octanol–water partition coefficient (Wildman–Crippen LogP) is 1.45. The molecule has 2 N–H and O–H groups in total. The van der Waals surface area contributed by atoms with Gasteiger partial charge in [0.25, 0.3) is 0 Å². The summed E-state index contributed by atoms with van der Waals surface area (Å²) in [6, 6.07) is 15.1. The number of benzene rings is 2. The number of aromatic nitrogens is 3. The fraction of sp³-hybridized carbons (Fsp3) is 0.350. The fourth-order valence-corrected chi connectivity index (χ4v) is 5.24. The van der Waals surface area contributed by atoms with Crippen molar-refractivity contribution in [3.63, 3.8) is 0 Å². The summed E-state index contributed by atoms with van der Waals surface area (Å²) in [7, 11) is 2.14. The molecule has 1 atom stereocenters. The third kappa shape index (κ3) is 4.21. The summed E-state index contributed by atoms with van der Waals surface area (Å²) in [6.45, 7) is 6.04. The molecule has 0 radical (unpaired) electrons. The Kier molecular flexibility index (Phi) is 5.25. The van der Waals surface area contributed by atoms with Crippen LogP contribution in [0.25, 0.3) is 10.8 Å². The van der Waals surface area contributed by atoms with E-state index in [-0.39, 0.29) is 19.8 Å². The number of fused-ring (bicyclic) bond motifs is 1. The van der Waals surface area contributed by atoms with Crippen LogP contribution in [-0.2, 0) is 0 Å². The Labute approximate surface area is 166 Å². The van der Waals surface area contributed by atoms with Crippen molar-refractivity contribution in [1.29, 1.82) is 0 Å². The van der Waals surface area contributed by atoms with Crippen LogP contribution in [0, 0.1) is 0 Å². The van der Waals surface area contributed by atoms with Crippen molar-refractivity contribution in [3.05, 3.63) is 48.3 Å². The van der Waals surface area contributed by atoms with E-state index in [1.54, 1.807) is 0 Å². The van der Waals surface area contributed by atoms with Crippen LogP contribution >= 0.6 is 0 Å². The molecule has 1 aromatic heterocycles. The molecule has 0 bridgehead atoms. The first-order valence-corrected chi connectivity index (χ1v) is 11.0. The van der Waals surface area contributed by atoms with Crippen molar-refractivity contribution in [3.8, 4) is 0 Å². The molecular weight excluding hydrogens is 403 g/mol. The summed E-state index contributed by atoms with van der Waals surface area (Å²) < 4.78 is 1.34. The number of piperazine rings is 1. The molecule has 140 valence electrons. The molecule has 1 unspecified atom stereocenters. The Morgan fingerprint density at radius 3 is 2.48 bits per heavy atom. The number of hydrogen-bond acceptors (Lipinski definition) is 6. The first-order valence-electron chi connectivity index (χ1n) is 9.19. The summed E-state index contributed by atoms with van der Waals surface area (Å²) >= 11 is 0.219. The van der Waals surface area contributed by atoms with Crippen LogP contribution in [0.4, 0.5) is 11.9 Å². The van der Waals surface area contributed by atoms with Crippen molar-refractivity contribution in [2.45, 2.75) is 11.7 Å². The van der Waals surface area contributed by atoms with Crippen molar-refractivity contribution in [2.24, 2.45) is 0 Å². The van der Waals surface area contributed by atoms with E-state index in [0.29, 0.717) is 11.9 Å². The maximum absolute atomic E-state index is 6.01. The van der Waals surface area contributed by atoms with Gasteiger partial charge in [-0.1, -0.05) is 0 Å². The second-order valence-corrected chi connectivity index (χ2v) is 9.88. The number of nitrogens with zero attached hydrogens (tertiary/aromatic N) is 5. The van der Waals surface area contributed by atoms with E-state index >= 15 is 0 Å². The standard InChI is InChI=1S/C20H24N6Se/c1-14(27-17-8-7-15-5-3-4-6-16(15)13-17)18-22-19(21)24-20(23-18)26-11-9-25(2)10-12-26/h3-8,13-14H,9-12H2,1-2H3,(H2,21,22,23,24). The Morgan fingerprint density at radius 1 is 0.963 bits per heavy atom. The molecule has 3 aromatic rings. The van der Waals surface area contributed by atoms with Crippen LogP contribution in [0.5, 0.6) is 0 Å². The van der Waals surface area contributed by atoms with Crippen LogP contribution < -0.4 is 15.1 Å². The quantitative estimate of drug-likeness (QED) is 0.636. The monoisotopic (exact) mass is 428 g/mol. The number of nitrogen functional groups attached to an aromatic ring is 1. The van der Waals surface area contributed by atoms with Crippen molar-refractivity contribution >= 4 is 42.1 Å². The molecule has 0 amide bonds. The average Bonchev–Trinajstić information content (AvgIpc) is 2.68. The number of anilines is 2. The molecule has 0 saturated carbocycles. The van der Waals surface area contributed by atoms with Crippen LogP contribution in [0.3, 0.4) is 0 Å². The van der Waals surface area contributed by atoms with E-state index < -0.39 is 0 Å². The fourth-order valence-electron chi connectivity index (χ4n) is 3.22. The topological polar surface area (TPSA) is 71.2 Å². The van der Waals surface area contributed by atoms with E-state index in [0.717, 1.165) is 32.0 Å². The molecule has 0 spiro atoms. The van der Waals surface area contributed by atoms with E-state index in [4.69, 9.17) is 10.7 Å². The van der Waals surface area contributed by atoms with Gasteiger partial charge in [0.05, 0.1) is 0 Å². The van der Waals surface area contributed by atoms with Gasteiger partial charge in [0.1, 0.15) is 0 Å². The van der Waals surface area contributed by atoms with Crippen LogP contribution in [0.2, 0.25) is 0 Å². The molecule has 2 heterocycles. The van der Waals surface area contributed by atoms with Gasteiger partial charge in [0.15, 0.2) is 0 Å². The van der Waals surface area contributed by atoms with Gasteiger partial charge >= 0.3 is 166 Å². The molecule has 0 aliphatic carbocycles. The molecule has 6 nitrogen and oxygen atoms in total. The SMILES string of the molecule is CC([Se]c1ccc2ccccc2c1)c1nc(N)nc(N2CCN(C)CC2)n1. The predicted molar refractivity (Wildman–Crippen MR) is 112 cm³/mol. The second kappa shape index (κ2) is 7.80. The van der Waals surface area contributed by atoms with Crippen LogP contribution in [0.15, 0.2) is 42.5 Å². The normalized spacial score (nSPS) is 16.6. The van der Waals surface area contributed by atoms with E-state index in [1.165, 1.54) is 15.2 Å². The van der Waals surface area contributed by atoms with Gasteiger partial charge in [-0.2, -0.15) is 0 Å². The minimum atomic E-state index is 0.219. The summed E-state index contributed by atoms with van der Waals surface area (Å²) in [5.74, 6) is 1.83. The Balaban J connectivity index is 1.54. The Bertz CT molecular complexity index is 939. The number of likely N-dealkylation sites (N-methyl/N-ethyl adjacent to an activating group) is 1. The van der Waals surface area contributed by atoms with Gasteiger partial charge in [0.2, 0.25) is 0 Å². The number of hydrogen-bond donors (Lipinski definition) is 1. The van der Waals surface area contributed by atoms with E-state index in [2.05, 4.69) is 76.2 Å². The zero-order chi connectivity index (χ0) is 18.8. The van der Waals surface area contributed by atoms with Crippen molar-refractivity contribution in [1.82, 2.24) is 19.9 Å². The second-order valence-electron chi connectivity index (χ2n) is 6.91. The maximum atomic E-state index is 6.01. The molecule has 4 rings (SSSR count). The summed E-state index contributed by atoms with van der Waals surface area (Å²) in [5.41, 5.74) is 6.01. The zero-order valence-electron chi connectivity index (χ0n) is 15.7. The molecule has 1 saturated heterocycles. The summed E-state index contributed by atoms with van der Waals surface area (Å²) in [4.78, 5) is 18.3. The van der Waals surface area contributed by atoms with Gasteiger partial charge in [-0.3, -0.25) is 0 Å². The molecule has 1 aliphatic heterocycles. The molecular formula is C20H24N6Se. The zero-order valence-corrected chi connectivity index (χ0v) is 17.4. The first-order chi connectivity index (χ1) is 13.1. The van der Waals surface area contributed by atoms with E-state index in [1.807, 2.05) is 0 Å². The van der Waals surface area contributed by atoms with Gasteiger partial charge in [-0.25, -0.2) is 0 Å². The van der Waals surface area contributed by atoms with Gasteiger partial charge in [-0.15, -0.1) is 0 Å². The van der Waals surface area contributed by atoms with Gasteiger partial charge < -0.3 is 0 Å². The first kappa shape index (κ1) is 18.2. The number of rotatable bonds is 4. The van der Waals surface area contributed by atoms with Crippen molar-refractivity contribution in [2.75, 3.05) is 43.9 Å². The minimum absolute atomic E-state index is 0.219. The van der Waals surface area contributed by atoms with Gasteiger partial charge in [0, 0.05) is 0 Å². The van der Waals surface area contributed by atoms with E-state index in [9.17, 15) is 0 Å². The molecule has 7 heteroatoms. The third-order valence-corrected chi connectivity index (χ3v) is 7.13. The van der Waals surface area contributed by atoms with Crippen LogP contribution in [0.1, 0.15) is 17.6 Å². The van der Waals surface area contributed by atoms with Gasteiger partial charge in [-0.05, 0) is 0 Å². The molecule has 27 heavy (non-hydrogen) atoms. The number of nitrogens with two attached hydrogens (primary N) is 1. The van der Waals surface area contributed by atoms with Crippen molar-refractivity contribution < 1.29 is 0 Å². The molecule has 1 aliphatic rings. The Hall–Kier alpha value is -2.21. The summed E-state index contributed by atoms with van der Waals surface area (Å²) in [6.07, 6.45) is 0.